The lowest BCUT2D eigenvalue weighted by Crippen LogP contribution is -2.54. The molecule has 1 unspecified atom stereocenters. The first-order chi connectivity index (χ1) is 9.61. The molecule has 1 aromatic rings. The van der Waals surface area contributed by atoms with Crippen molar-refractivity contribution in [3.63, 3.8) is 0 Å². The van der Waals surface area contributed by atoms with Crippen molar-refractivity contribution in [3.8, 4) is 0 Å². The van der Waals surface area contributed by atoms with Crippen LogP contribution in [0.1, 0.15) is 19.5 Å². The topological polar surface area (TPSA) is 79.4 Å². The number of nitrogens with zero attached hydrogens (tertiary/aromatic N) is 3. The molecule has 1 atom stereocenters. The van der Waals surface area contributed by atoms with Crippen molar-refractivity contribution < 1.29 is 9.53 Å². The molecule has 0 aliphatic carbocycles. The van der Waals surface area contributed by atoms with Gasteiger partial charge in [0.2, 0.25) is 5.91 Å². The lowest BCUT2D eigenvalue weighted by Gasteiger charge is -2.34. The van der Waals surface area contributed by atoms with E-state index in [1.807, 2.05) is 20.9 Å². The minimum Gasteiger partial charge on any atom is -0.378 e. The summed E-state index contributed by atoms with van der Waals surface area (Å²) < 4.78 is 9.39. The highest BCUT2D eigenvalue weighted by Crippen LogP contribution is 2.20. The van der Waals surface area contributed by atoms with Gasteiger partial charge >= 0.3 is 0 Å². The number of carbonyl (C=O) groups excluding carboxylic acids is 1. The number of ether oxygens (including phenoxy) is 1. The fraction of sp³-hybridized carbons (Fsp3) is 0.750. The maximum atomic E-state index is 12.2. The number of rotatable bonds is 5. The Labute approximate surface area is 122 Å². The average Bonchev–Trinajstić information content (AvgIpc) is 2.85. The first kappa shape index (κ1) is 15.1. The highest BCUT2D eigenvalue weighted by molar-refractivity contribution is 7.10. The molecule has 2 rings (SSSR count). The molecule has 1 aliphatic heterocycles. The van der Waals surface area contributed by atoms with Crippen LogP contribution in [-0.2, 0) is 16.1 Å². The number of morpholine rings is 1. The van der Waals surface area contributed by atoms with Crippen molar-refractivity contribution in [2.45, 2.75) is 32.5 Å². The SMILES string of the molecule is CNc1snnc1CN1CCOCC1C(=O)NC(C)C. The zero-order valence-corrected chi connectivity index (χ0v) is 12.9. The zero-order chi connectivity index (χ0) is 14.5. The molecule has 1 saturated heterocycles. The third-order valence-corrected chi connectivity index (χ3v) is 3.89. The number of hydrogen-bond donors (Lipinski definition) is 2. The fourth-order valence-corrected chi connectivity index (χ4v) is 2.67. The molecular formula is C12H21N5O2S. The van der Waals surface area contributed by atoms with E-state index >= 15 is 0 Å². The normalized spacial score (nSPS) is 20.1. The molecule has 8 heteroatoms. The largest absolute Gasteiger partial charge is 0.378 e. The van der Waals surface area contributed by atoms with Gasteiger partial charge in [-0.2, -0.15) is 0 Å². The molecule has 112 valence electrons. The Bertz CT molecular complexity index is 451. The van der Waals surface area contributed by atoms with Crippen LogP contribution in [0.15, 0.2) is 0 Å². The summed E-state index contributed by atoms with van der Waals surface area (Å²) in [5, 5.41) is 11.1. The van der Waals surface area contributed by atoms with Crippen LogP contribution >= 0.6 is 11.5 Å². The van der Waals surface area contributed by atoms with Gasteiger partial charge in [0.15, 0.2) is 0 Å². The standard InChI is InChI=1S/C12H21N5O2S/c1-8(2)14-11(18)10-7-19-5-4-17(10)6-9-12(13-3)20-16-15-9/h8,10,13H,4-7H2,1-3H3,(H,14,18). The van der Waals surface area contributed by atoms with Crippen molar-refractivity contribution in [3.05, 3.63) is 5.69 Å². The number of aromatic nitrogens is 2. The van der Waals surface area contributed by atoms with Crippen molar-refractivity contribution in [1.29, 1.82) is 0 Å². The molecule has 0 radical (unpaired) electrons. The smallest absolute Gasteiger partial charge is 0.239 e. The summed E-state index contributed by atoms with van der Waals surface area (Å²) >= 11 is 1.33. The Balaban J connectivity index is 2.05. The van der Waals surface area contributed by atoms with Gasteiger partial charge in [0.05, 0.1) is 13.2 Å². The molecule has 1 aromatic heterocycles. The lowest BCUT2D eigenvalue weighted by molar-refractivity contribution is -0.133. The molecule has 7 nitrogen and oxygen atoms in total. The van der Waals surface area contributed by atoms with E-state index in [2.05, 4.69) is 25.1 Å². The molecule has 0 spiro atoms. The summed E-state index contributed by atoms with van der Waals surface area (Å²) in [7, 11) is 1.85. The average molecular weight is 299 g/mol. The molecule has 0 aromatic carbocycles. The molecule has 20 heavy (non-hydrogen) atoms. The van der Waals surface area contributed by atoms with Gasteiger partial charge in [-0.15, -0.1) is 5.10 Å². The van der Waals surface area contributed by atoms with Crippen LogP contribution in [0.25, 0.3) is 0 Å². The highest BCUT2D eigenvalue weighted by atomic mass is 32.1. The number of anilines is 1. The van der Waals surface area contributed by atoms with Crippen LogP contribution in [-0.4, -0.2) is 59.3 Å². The van der Waals surface area contributed by atoms with Crippen LogP contribution in [0, 0.1) is 0 Å². The number of nitrogens with one attached hydrogen (secondary N) is 2. The lowest BCUT2D eigenvalue weighted by atomic mass is 10.2. The van der Waals surface area contributed by atoms with Crippen LogP contribution in [0.2, 0.25) is 0 Å². The molecule has 0 saturated carbocycles. The molecule has 1 aliphatic rings. The second-order valence-corrected chi connectivity index (χ2v) is 5.78. The predicted octanol–water partition coefficient (Wildman–Crippen LogP) is 0.305. The quantitative estimate of drug-likeness (QED) is 0.814. The first-order valence-corrected chi connectivity index (χ1v) is 7.50. The van der Waals surface area contributed by atoms with Crippen LogP contribution in [0.3, 0.4) is 0 Å². The fourth-order valence-electron chi connectivity index (χ4n) is 2.14. The van der Waals surface area contributed by atoms with Crippen LogP contribution < -0.4 is 10.6 Å². The summed E-state index contributed by atoms with van der Waals surface area (Å²) in [6, 6.07) is -0.141. The number of hydrogen-bond acceptors (Lipinski definition) is 7. The Morgan fingerprint density at radius 2 is 2.40 bits per heavy atom. The second kappa shape index (κ2) is 6.96. The van der Waals surface area contributed by atoms with E-state index in [1.54, 1.807) is 0 Å². The predicted molar refractivity (Wildman–Crippen MR) is 77.8 cm³/mol. The van der Waals surface area contributed by atoms with E-state index in [1.165, 1.54) is 11.5 Å². The van der Waals surface area contributed by atoms with E-state index in [-0.39, 0.29) is 18.0 Å². The van der Waals surface area contributed by atoms with E-state index in [9.17, 15) is 4.79 Å². The molecule has 2 N–H and O–H groups in total. The van der Waals surface area contributed by atoms with Crippen molar-refractivity contribution >= 4 is 22.4 Å². The van der Waals surface area contributed by atoms with Gasteiger partial charge in [-0.3, -0.25) is 9.69 Å². The van der Waals surface area contributed by atoms with Gasteiger partial charge in [-0.05, 0) is 13.8 Å². The van der Waals surface area contributed by atoms with Gasteiger partial charge in [0.1, 0.15) is 16.7 Å². The van der Waals surface area contributed by atoms with E-state index < -0.39 is 0 Å². The summed E-state index contributed by atoms with van der Waals surface area (Å²) in [5.41, 5.74) is 0.877. The summed E-state index contributed by atoms with van der Waals surface area (Å²) in [4.78, 5) is 14.3. The Kier molecular flexibility index (Phi) is 5.27. The monoisotopic (exact) mass is 299 g/mol. The maximum absolute atomic E-state index is 12.2. The molecule has 1 fully saturated rings. The zero-order valence-electron chi connectivity index (χ0n) is 12.0. The minimum absolute atomic E-state index is 0.00824. The molecule has 1 amide bonds. The van der Waals surface area contributed by atoms with E-state index in [4.69, 9.17) is 4.74 Å². The summed E-state index contributed by atoms with van der Waals surface area (Å²) in [5.74, 6) is 0.00824. The Morgan fingerprint density at radius 3 is 3.10 bits per heavy atom. The maximum Gasteiger partial charge on any atom is 0.239 e. The van der Waals surface area contributed by atoms with Gasteiger partial charge in [-0.25, -0.2) is 0 Å². The highest BCUT2D eigenvalue weighted by Gasteiger charge is 2.30. The molecule has 2 heterocycles. The van der Waals surface area contributed by atoms with Crippen molar-refractivity contribution in [2.24, 2.45) is 0 Å². The second-order valence-electron chi connectivity index (χ2n) is 5.02. The summed E-state index contributed by atoms with van der Waals surface area (Å²) in [6.07, 6.45) is 0. The van der Waals surface area contributed by atoms with Crippen molar-refractivity contribution in [2.75, 3.05) is 32.1 Å². The molecule has 0 bridgehead atoms. The third kappa shape index (κ3) is 3.65. The third-order valence-electron chi connectivity index (χ3n) is 3.11. The molecular weight excluding hydrogens is 278 g/mol. The minimum atomic E-state index is -0.266. The number of amides is 1. The van der Waals surface area contributed by atoms with Gasteiger partial charge in [0, 0.05) is 37.7 Å². The van der Waals surface area contributed by atoms with Gasteiger partial charge in [-0.1, -0.05) is 4.49 Å². The van der Waals surface area contributed by atoms with E-state index in [0.29, 0.717) is 19.8 Å². The Hall–Kier alpha value is -1.25. The Morgan fingerprint density at radius 1 is 1.60 bits per heavy atom. The van der Waals surface area contributed by atoms with Gasteiger partial charge < -0.3 is 15.4 Å². The van der Waals surface area contributed by atoms with Crippen LogP contribution in [0.5, 0.6) is 0 Å². The van der Waals surface area contributed by atoms with Crippen molar-refractivity contribution in [1.82, 2.24) is 19.8 Å². The van der Waals surface area contributed by atoms with Gasteiger partial charge in [0.25, 0.3) is 0 Å². The van der Waals surface area contributed by atoms with E-state index in [0.717, 1.165) is 17.2 Å². The number of carbonyl (C=O) groups is 1. The van der Waals surface area contributed by atoms with Crippen LogP contribution in [0.4, 0.5) is 5.00 Å². The first-order valence-electron chi connectivity index (χ1n) is 6.73. The summed E-state index contributed by atoms with van der Waals surface area (Å²) in [6.45, 7) is 6.29.